The molecule has 1 aliphatic rings. The monoisotopic (exact) mass is 594 g/mol. The summed E-state index contributed by atoms with van der Waals surface area (Å²) in [5.74, 6) is -0.00238. The molecule has 1 fully saturated rings. The van der Waals surface area contributed by atoms with Crippen LogP contribution in [0.2, 0.25) is 0 Å². The molecule has 3 atom stereocenters. The third-order valence-corrected chi connectivity index (χ3v) is 7.53. The van der Waals surface area contributed by atoms with Gasteiger partial charge in [-0.1, -0.05) is 63.9 Å². The van der Waals surface area contributed by atoms with Gasteiger partial charge in [-0.3, -0.25) is 14.6 Å². The van der Waals surface area contributed by atoms with E-state index in [0.717, 1.165) is 31.2 Å². The Morgan fingerprint density at radius 1 is 1.10 bits per heavy atom. The second-order valence-corrected chi connectivity index (χ2v) is 13.6. The third-order valence-electron chi connectivity index (χ3n) is 7.29. The Morgan fingerprint density at radius 2 is 1.76 bits per heavy atom. The number of amides is 1. The van der Waals surface area contributed by atoms with Crippen molar-refractivity contribution in [3.05, 3.63) is 59.2 Å². The SMILES string of the molecule is Cc1cc(OC(=O)C(C)(C)C)cc(C=N[C@@H]2CCCCC2NC(=S)N[C@H](C(=O)NCc2ccccc2)C(C)(C)C)c1O. The summed E-state index contributed by atoms with van der Waals surface area (Å²) in [6.07, 6.45) is 5.44. The van der Waals surface area contributed by atoms with E-state index in [1.807, 2.05) is 51.1 Å². The minimum absolute atomic E-state index is 0.0341. The van der Waals surface area contributed by atoms with Crippen molar-refractivity contribution in [3.63, 3.8) is 0 Å². The lowest BCUT2D eigenvalue weighted by Crippen LogP contribution is -2.58. The number of aliphatic imine (C=N–C) groups is 1. The summed E-state index contributed by atoms with van der Waals surface area (Å²) < 4.78 is 5.56. The summed E-state index contributed by atoms with van der Waals surface area (Å²) in [6.45, 7) is 13.6. The van der Waals surface area contributed by atoms with Gasteiger partial charge < -0.3 is 25.8 Å². The standard InChI is InChI=1S/C33H46N4O4S/c1-21-17-24(41-30(40)33(5,6)7)18-23(27(21)38)20-34-25-15-11-12-16-26(25)36-31(42)37-28(32(2,3)4)29(39)35-19-22-13-9-8-10-14-22/h8-10,13-14,17-18,20,25-26,28,38H,11-12,15-16,19H2,1-7H3,(H,35,39)(H2,36,37,42)/t25-,26?,28-/m1/s1. The molecule has 42 heavy (non-hydrogen) atoms. The first-order chi connectivity index (χ1) is 19.6. The molecule has 1 unspecified atom stereocenters. The molecule has 2 aromatic rings. The van der Waals surface area contributed by atoms with Gasteiger partial charge in [0.05, 0.1) is 17.5 Å². The van der Waals surface area contributed by atoms with E-state index >= 15 is 0 Å². The molecule has 8 nitrogen and oxygen atoms in total. The van der Waals surface area contributed by atoms with Crippen LogP contribution in [-0.4, -0.2) is 46.4 Å². The van der Waals surface area contributed by atoms with Crippen LogP contribution in [0.1, 0.15) is 83.9 Å². The van der Waals surface area contributed by atoms with Crippen molar-refractivity contribution in [3.8, 4) is 11.5 Å². The summed E-state index contributed by atoms with van der Waals surface area (Å²) in [4.78, 5) is 30.4. The maximum Gasteiger partial charge on any atom is 0.316 e. The van der Waals surface area contributed by atoms with Crippen LogP contribution in [0.25, 0.3) is 0 Å². The minimum atomic E-state index is -0.651. The topological polar surface area (TPSA) is 112 Å². The molecule has 228 valence electrons. The first-order valence-corrected chi connectivity index (χ1v) is 15.0. The molecule has 2 aromatic carbocycles. The fraction of sp³-hybridized carbons (Fsp3) is 0.515. The first-order valence-electron chi connectivity index (χ1n) is 14.6. The van der Waals surface area contributed by atoms with Gasteiger partial charge in [-0.2, -0.15) is 0 Å². The van der Waals surface area contributed by atoms with Gasteiger partial charge in [-0.15, -0.1) is 0 Å². The number of esters is 1. The maximum absolute atomic E-state index is 13.2. The largest absolute Gasteiger partial charge is 0.507 e. The van der Waals surface area contributed by atoms with Crippen molar-refractivity contribution in [2.75, 3.05) is 0 Å². The van der Waals surface area contributed by atoms with Crippen LogP contribution in [0.3, 0.4) is 0 Å². The molecule has 0 aliphatic heterocycles. The van der Waals surface area contributed by atoms with Crippen LogP contribution in [0.5, 0.6) is 11.5 Å². The second kappa shape index (κ2) is 14.1. The average molecular weight is 595 g/mol. The Balaban J connectivity index is 1.69. The van der Waals surface area contributed by atoms with Crippen LogP contribution >= 0.6 is 12.2 Å². The lowest BCUT2D eigenvalue weighted by Gasteiger charge is -2.34. The fourth-order valence-corrected chi connectivity index (χ4v) is 5.00. The molecule has 9 heteroatoms. The average Bonchev–Trinajstić information content (AvgIpc) is 2.91. The van der Waals surface area contributed by atoms with Crippen molar-refractivity contribution in [2.45, 2.75) is 98.8 Å². The van der Waals surface area contributed by atoms with E-state index in [-0.39, 0.29) is 35.1 Å². The summed E-state index contributed by atoms with van der Waals surface area (Å²) in [6, 6.07) is 12.4. The van der Waals surface area contributed by atoms with Crippen LogP contribution in [0.4, 0.5) is 0 Å². The number of benzene rings is 2. The van der Waals surface area contributed by atoms with E-state index in [4.69, 9.17) is 21.9 Å². The molecular formula is C33H46N4O4S. The summed E-state index contributed by atoms with van der Waals surface area (Å²) >= 11 is 5.69. The van der Waals surface area contributed by atoms with Gasteiger partial charge in [-0.05, 0) is 81.4 Å². The Bertz CT molecular complexity index is 1280. The number of carbonyl (C=O) groups is 2. The highest BCUT2D eigenvalue weighted by Crippen LogP contribution is 2.29. The highest BCUT2D eigenvalue weighted by Gasteiger charge is 2.33. The predicted molar refractivity (Wildman–Crippen MR) is 172 cm³/mol. The molecule has 0 heterocycles. The van der Waals surface area contributed by atoms with Crippen LogP contribution in [-0.2, 0) is 16.1 Å². The van der Waals surface area contributed by atoms with Crippen molar-refractivity contribution >= 4 is 35.4 Å². The molecular weight excluding hydrogens is 548 g/mol. The smallest absolute Gasteiger partial charge is 0.316 e. The predicted octanol–water partition coefficient (Wildman–Crippen LogP) is 5.58. The third kappa shape index (κ3) is 9.54. The van der Waals surface area contributed by atoms with Crippen molar-refractivity contribution in [1.82, 2.24) is 16.0 Å². The van der Waals surface area contributed by atoms with Gasteiger partial charge in [0.15, 0.2) is 5.11 Å². The Morgan fingerprint density at radius 3 is 2.40 bits per heavy atom. The quantitative estimate of drug-likeness (QED) is 0.137. The zero-order chi connectivity index (χ0) is 31.1. The molecule has 0 radical (unpaired) electrons. The van der Waals surface area contributed by atoms with Crippen LogP contribution in [0.15, 0.2) is 47.5 Å². The molecule has 0 aromatic heterocycles. The first kappa shape index (κ1) is 33.0. The molecule has 0 saturated heterocycles. The van der Waals surface area contributed by atoms with E-state index < -0.39 is 11.5 Å². The van der Waals surface area contributed by atoms with E-state index in [9.17, 15) is 14.7 Å². The fourth-order valence-electron chi connectivity index (χ4n) is 4.73. The number of thiocarbonyl (C=S) groups is 1. The van der Waals surface area contributed by atoms with Gasteiger partial charge in [0.1, 0.15) is 17.5 Å². The molecule has 1 amide bonds. The number of carbonyl (C=O) groups excluding carboxylic acids is 2. The van der Waals surface area contributed by atoms with Gasteiger partial charge >= 0.3 is 5.97 Å². The maximum atomic E-state index is 13.2. The van der Waals surface area contributed by atoms with E-state index in [0.29, 0.717) is 28.5 Å². The second-order valence-electron chi connectivity index (χ2n) is 13.2. The van der Waals surface area contributed by atoms with Crippen molar-refractivity contribution in [2.24, 2.45) is 15.8 Å². The Labute approximate surface area is 255 Å². The summed E-state index contributed by atoms with van der Waals surface area (Å²) in [7, 11) is 0. The van der Waals surface area contributed by atoms with Crippen molar-refractivity contribution < 1.29 is 19.4 Å². The highest BCUT2D eigenvalue weighted by atomic mass is 32.1. The minimum Gasteiger partial charge on any atom is -0.507 e. The zero-order valence-electron chi connectivity index (χ0n) is 25.9. The molecule has 3 rings (SSSR count). The van der Waals surface area contributed by atoms with Gasteiger partial charge in [0.2, 0.25) is 5.91 Å². The number of hydrogen-bond donors (Lipinski definition) is 4. The number of rotatable bonds is 8. The van der Waals surface area contributed by atoms with Crippen LogP contribution < -0.4 is 20.7 Å². The van der Waals surface area contributed by atoms with Crippen LogP contribution in [0, 0.1) is 17.8 Å². The number of nitrogens with one attached hydrogen (secondary N) is 3. The lowest BCUT2D eigenvalue weighted by molar-refractivity contribution is -0.143. The van der Waals surface area contributed by atoms with E-state index in [2.05, 4.69) is 16.0 Å². The van der Waals surface area contributed by atoms with Crippen molar-refractivity contribution in [1.29, 1.82) is 0 Å². The van der Waals surface area contributed by atoms with E-state index in [1.165, 1.54) is 0 Å². The molecule has 0 spiro atoms. The number of phenols is 1. The Hall–Kier alpha value is -3.46. The van der Waals surface area contributed by atoms with Gasteiger partial charge in [0.25, 0.3) is 0 Å². The van der Waals surface area contributed by atoms with Gasteiger partial charge in [0, 0.05) is 18.3 Å². The summed E-state index contributed by atoms with van der Waals surface area (Å²) in [5.41, 5.74) is 1.08. The highest BCUT2D eigenvalue weighted by molar-refractivity contribution is 7.80. The van der Waals surface area contributed by atoms with E-state index in [1.54, 1.807) is 46.0 Å². The normalized spacial score (nSPS) is 18.3. The lowest BCUT2D eigenvalue weighted by atomic mass is 9.86. The number of nitrogens with zero attached hydrogens (tertiary/aromatic N) is 1. The number of ether oxygens (including phenoxy) is 1. The summed E-state index contributed by atoms with van der Waals surface area (Å²) in [5, 5.41) is 20.8. The number of phenolic OH excluding ortho intramolecular Hbond substituents is 1. The number of aryl methyl sites for hydroxylation is 1. The molecule has 4 N–H and O–H groups in total. The molecule has 0 bridgehead atoms. The van der Waals surface area contributed by atoms with Gasteiger partial charge in [-0.25, -0.2) is 0 Å². The zero-order valence-corrected chi connectivity index (χ0v) is 26.7. The molecule has 1 aliphatic carbocycles. The number of aromatic hydroxyl groups is 1. The number of hydrogen-bond acceptors (Lipinski definition) is 6. The Kier molecular flexibility index (Phi) is 11.1. The molecule has 1 saturated carbocycles.